The molecule has 0 amide bonds. The number of rotatable bonds is 4. The molecule has 0 saturated carbocycles. The van der Waals surface area contributed by atoms with Crippen molar-refractivity contribution in [1.82, 2.24) is 0 Å². The quantitative estimate of drug-likeness (QED) is 0.317. The van der Waals surface area contributed by atoms with Crippen LogP contribution in [-0.4, -0.2) is 12.2 Å². The van der Waals surface area contributed by atoms with Crippen LogP contribution in [0.25, 0.3) is 9.81 Å². The van der Waals surface area contributed by atoms with Crippen LogP contribution in [0.15, 0.2) is 91.1 Å². The molecule has 5 rings (SSSR count). The van der Waals surface area contributed by atoms with Gasteiger partial charge in [-0.1, -0.05) is 125 Å². The minimum atomic E-state index is -0.116. The zero-order chi connectivity index (χ0) is 26.5. The van der Waals surface area contributed by atoms with Crippen molar-refractivity contribution in [2.45, 2.75) is 20.5 Å². The van der Waals surface area contributed by atoms with Gasteiger partial charge in [0.25, 0.3) is 0 Å². The Balaban J connectivity index is 1.51. The first-order chi connectivity index (χ1) is 18.6. The summed E-state index contributed by atoms with van der Waals surface area (Å²) in [6, 6.07) is 24.7. The van der Waals surface area contributed by atoms with Crippen LogP contribution in [0, 0.1) is 23.7 Å². The molecule has 2 heterocycles. The van der Waals surface area contributed by atoms with Gasteiger partial charge < -0.3 is 9.84 Å². The van der Waals surface area contributed by atoms with Crippen molar-refractivity contribution >= 4 is 56.9 Å². The van der Waals surface area contributed by atoms with Crippen molar-refractivity contribution in [2.24, 2.45) is 0 Å². The highest BCUT2D eigenvalue weighted by Crippen LogP contribution is 2.63. The van der Waals surface area contributed by atoms with Gasteiger partial charge >= 0.3 is 0 Å². The van der Waals surface area contributed by atoms with Crippen LogP contribution in [0.2, 0.25) is 0 Å². The van der Waals surface area contributed by atoms with Crippen LogP contribution in [0.4, 0.5) is 0 Å². The van der Waals surface area contributed by atoms with Gasteiger partial charge in [0.1, 0.15) is 5.75 Å². The van der Waals surface area contributed by atoms with Crippen molar-refractivity contribution in [3.63, 3.8) is 0 Å². The Labute approximate surface area is 241 Å². The average molecular weight is 569 g/mol. The summed E-state index contributed by atoms with van der Waals surface area (Å²) >= 11 is 7.20. The van der Waals surface area contributed by atoms with E-state index in [1.807, 2.05) is 41.7 Å². The van der Waals surface area contributed by atoms with Crippen molar-refractivity contribution < 1.29 is 9.84 Å². The molecule has 0 aromatic heterocycles. The molecule has 188 valence electrons. The molecule has 2 aliphatic heterocycles. The summed E-state index contributed by atoms with van der Waals surface area (Å²) in [4.78, 5) is 4.80. The molecule has 2 nitrogen and oxygen atoms in total. The third-order valence-electron chi connectivity index (χ3n) is 5.76. The number of benzene rings is 3. The summed E-state index contributed by atoms with van der Waals surface area (Å²) in [5.41, 5.74) is 4.63. The Morgan fingerprint density at radius 3 is 2.00 bits per heavy atom. The van der Waals surface area contributed by atoms with Gasteiger partial charge in [-0.25, -0.2) is 0 Å². The molecular weight excluding hydrogens is 545 g/mol. The maximum atomic E-state index is 10.0. The minimum absolute atomic E-state index is 0.116. The number of methoxy groups -OCH3 is 1. The van der Waals surface area contributed by atoms with Crippen molar-refractivity contribution in [1.29, 1.82) is 0 Å². The number of allylic oxidation sites excluding steroid dienone is 2. The lowest BCUT2D eigenvalue weighted by atomic mass is 10.0. The van der Waals surface area contributed by atoms with E-state index in [-0.39, 0.29) is 6.61 Å². The first kappa shape index (κ1) is 26.8. The number of aliphatic hydroxyl groups is 1. The Kier molecular flexibility index (Phi) is 8.69. The monoisotopic (exact) mass is 568 g/mol. The molecule has 0 aliphatic carbocycles. The fraction of sp³-hybridized carbons (Fsp3) is 0.125. The molecule has 1 N–H and O–H groups in total. The molecule has 0 unspecified atom stereocenters. The zero-order valence-electron chi connectivity index (χ0n) is 21.1. The van der Waals surface area contributed by atoms with Crippen LogP contribution in [0.1, 0.15) is 41.7 Å². The molecule has 0 radical (unpaired) electrons. The molecule has 0 saturated heterocycles. The molecule has 0 bridgehead atoms. The average Bonchev–Trinajstić information content (AvgIpc) is 3.56. The lowest BCUT2D eigenvalue weighted by Gasteiger charge is -2.08. The predicted molar refractivity (Wildman–Crippen MR) is 168 cm³/mol. The topological polar surface area (TPSA) is 29.5 Å². The van der Waals surface area contributed by atoms with E-state index in [1.165, 1.54) is 23.8 Å². The molecule has 6 heteroatoms. The van der Waals surface area contributed by atoms with Gasteiger partial charge in [0.15, 0.2) is 0 Å². The highest BCUT2D eigenvalue weighted by molar-refractivity contribution is 8.37. The van der Waals surface area contributed by atoms with Crippen molar-refractivity contribution in [3.8, 4) is 29.4 Å². The molecule has 0 fully saturated rings. The van der Waals surface area contributed by atoms with E-state index >= 15 is 0 Å². The third-order valence-corrected chi connectivity index (χ3v) is 11.5. The van der Waals surface area contributed by atoms with Crippen molar-refractivity contribution in [3.05, 3.63) is 119 Å². The SMILES string of the molecule is CC#Cc1cc(CO)c(C#CC2=C(c3ccccc3)SC(=C3SC(C)=C(c4ccccc4)S3)S2)cc1OC. The Hall–Kier alpha value is -2.84. The maximum Gasteiger partial charge on any atom is 0.135 e. The number of aliphatic hydroxyl groups excluding tert-OH is 1. The van der Waals surface area contributed by atoms with E-state index in [1.54, 1.807) is 37.6 Å². The normalized spacial score (nSPS) is 16.7. The summed E-state index contributed by atoms with van der Waals surface area (Å²) < 4.78 is 8.10. The van der Waals surface area contributed by atoms with Gasteiger partial charge in [0.2, 0.25) is 0 Å². The first-order valence-corrected chi connectivity index (χ1v) is 15.2. The highest BCUT2D eigenvalue weighted by atomic mass is 32.2. The maximum absolute atomic E-state index is 10.0. The standard InChI is InChI=1S/C32H24O2S4/c1-4-11-25-18-26(20-33)24(19-27(25)34-3)16-17-28-30(23-14-9-6-10-15-23)38-32(36-28)31-35-21(2)29(37-31)22-12-7-5-8-13-22/h5-10,12-15,18-19,33H,20H2,1-3H3. The summed E-state index contributed by atoms with van der Waals surface area (Å²) in [6.45, 7) is 3.86. The molecule has 3 aromatic rings. The largest absolute Gasteiger partial charge is 0.495 e. The minimum Gasteiger partial charge on any atom is -0.495 e. The fourth-order valence-corrected chi connectivity index (χ4v) is 9.39. The summed E-state index contributed by atoms with van der Waals surface area (Å²) in [5.74, 6) is 13.4. The summed E-state index contributed by atoms with van der Waals surface area (Å²) in [5, 5.41) is 10.0. The Bertz CT molecular complexity index is 1600. The lowest BCUT2D eigenvalue weighted by molar-refractivity contribution is 0.281. The van der Waals surface area contributed by atoms with E-state index in [9.17, 15) is 5.11 Å². The van der Waals surface area contributed by atoms with Crippen LogP contribution >= 0.6 is 47.0 Å². The molecule has 38 heavy (non-hydrogen) atoms. The van der Waals surface area contributed by atoms with Gasteiger partial charge in [0, 0.05) is 20.3 Å². The van der Waals surface area contributed by atoms with Gasteiger partial charge in [-0.05, 0) is 42.7 Å². The van der Waals surface area contributed by atoms with Crippen LogP contribution in [0.3, 0.4) is 0 Å². The van der Waals surface area contributed by atoms with Crippen LogP contribution in [0.5, 0.6) is 5.75 Å². The molecule has 2 aliphatic rings. The second-order valence-electron chi connectivity index (χ2n) is 8.25. The van der Waals surface area contributed by atoms with E-state index in [4.69, 9.17) is 4.74 Å². The molecular formula is C32H24O2S4. The van der Waals surface area contributed by atoms with Crippen molar-refractivity contribution in [2.75, 3.05) is 7.11 Å². The number of hydrogen-bond donors (Lipinski definition) is 1. The molecule has 0 atom stereocenters. The highest BCUT2D eigenvalue weighted by Gasteiger charge is 2.29. The number of thioether (sulfide) groups is 4. The fourth-order valence-electron chi connectivity index (χ4n) is 3.95. The predicted octanol–water partition coefficient (Wildman–Crippen LogP) is 8.75. The van der Waals surface area contributed by atoms with Crippen LogP contribution < -0.4 is 4.74 Å². The molecule has 0 spiro atoms. The van der Waals surface area contributed by atoms with Gasteiger partial charge in [-0.3, -0.25) is 0 Å². The second-order valence-corrected chi connectivity index (χ2v) is 13.1. The summed E-state index contributed by atoms with van der Waals surface area (Å²) in [6.07, 6.45) is 0. The zero-order valence-corrected chi connectivity index (χ0v) is 24.4. The molecule has 3 aromatic carbocycles. The van der Waals surface area contributed by atoms with Crippen LogP contribution in [-0.2, 0) is 6.61 Å². The number of hydrogen-bond acceptors (Lipinski definition) is 6. The van der Waals surface area contributed by atoms with Gasteiger partial charge in [-0.2, -0.15) is 0 Å². The Morgan fingerprint density at radius 2 is 1.37 bits per heavy atom. The lowest BCUT2D eigenvalue weighted by Crippen LogP contribution is -1.96. The van der Waals surface area contributed by atoms with Gasteiger partial charge in [-0.15, -0.1) is 5.92 Å². The first-order valence-electron chi connectivity index (χ1n) is 11.9. The summed E-state index contributed by atoms with van der Waals surface area (Å²) in [7, 11) is 1.63. The van der Waals surface area contributed by atoms with E-state index in [0.717, 1.165) is 32.1 Å². The third kappa shape index (κ3) is 5.76. The number of ether oxygens (including phenoxy) is 1. The van der Waals surface area contributed by atoms with E-state index < -0.39 is 0 Å². The van der Waals surface area contributed by atoms with E-state index in [2.05, 4.69) is 85.2 Å². The van der Waals surface area contributed by atoms with E-state index in [0.29, 0.717) is 5.75 Å². The van der Waals surface area contributed by atoms with Gasteiger partial charge in [0.05, 0.1) is 32.7 Å². The smallest absolute Gasteiger partial charge is 0.135 e. The Morgan fingerprint density at radius 1 is 0.737 bits per heavy atom. The second kappa shape index (κ2) is 12.3.